The van der Waals surface area contributed by atoms with E-state index in [0.717, 1.165) is 43.9 Å². The monoisotopic (exact) mass is 535 g/mol. The highest BCUT2D eigenvalue weighted by molar-refractivity contribution is 5.76. The van der Waals surface area contributed by atoms with E-state index < -0.39 is 17.9 Å². The van der Waals surface area contributed by atoms with Gasteiger partial charge in [0.1, 0.15) is 12.1 Å². The van der Waals surface area contributed by atoms with Crippen LogP contribution in [-0.4, -0.2) is 69.2 Å². The minimum Gasteiger partial charge on any atom is -0.490 e. The highest BCUT2D eigenvalue weighted by Gasteiger charge is 2.56. The zero-order valence-electron chi connectivity index (χ0n) is 20.7. The lowest BCUT2D eigenvalue weighted by Gasteiger charge is -2.59. The van der Waals surface area contributed by atoms with Crippen LogP contribution in [0.25, 0.3) is 0 Å². The number of urea groups is 1. The topological polar surface area (TPSA) is 72.7 Å². The molecule has 2 aliphatic heterocycles. The number of halogens is 4. The molecule has 0 N–H and O–H groups in total. The number of hydrogen-bond acceptors (Lipinski definition) is 5. The molecule has 2 atom stereocenters. The van der Waals surface area contributed by atoms with Crippen LogP contribution < -0.4 is 9.47 Å². The van der Waals surface area contributed by atoms with Gasteiger partial charge in [-0.15, -0.1) is 13.2 Å². The van der Waals surface area contributed by atoms with Crippen LogP contribution in [0.2, 0.25) is 0 Å². The van der Waals surface area contributed by atoms with Crippen molar-refractivity contribution >= 4 is 6.03 Å². The molecule has 5 fully saturated rings. The molecule has 204 valence electrons. The van der Waals surface area contributed by atoms with Crippen LogP contribution in [-0.2, 0) is 0 Å². The van der Waals surface area contributed by atoms with E-state index in [-0.39, 0.29) is 35.1 Å². The lowest BCUT2D eigenvalue weighted by Crippen LogP contribution is -2.65. The van der Waals surface area contributed by atoms with Crippen LogP contribution >= 0.6 is 0 Å². The Balaban J connectivity index is 0.875. The van der Waals surface area contributed by atoms with Crippen molar-refractivity contribution in [1.82, 2.24) is 24.6 Å². The Morgan fingerprint density at radius 2 is 1.76 bits per heavy atom. The van der Waals surface area contributed by atoms with Crippen LogP contribution in [0.5, 0.6) is 11.5 Å². The molecule has 3 saturated carbocycles. The molecule has 1 aromatic carbocycles. The van der Waals surface area contributed by atoms with Crippen molar-refractivity contribution in [3.05, 3.63) is 36.2 Å². The maximum atomic E-state index is 13.7. The van der Waals surface area contributed by atoms with Crippen LogP contribution in [0.3, 0.4) is 0 Å². The number of fused-ring (bicyclic) bond motifs is 1. The highest BCUT2D eigenvalue weighted by atomic mass is 19.4. The Hall–Kier alpha value is -3.05. The first-order chi connectivity index (χ1) is 18.1. The average Bonchev–Trinajstić information content (AvgIpc) is 3.21. The predicted octanol–water partition coefficient (Wildman–Crippen LogP) is 4.74. The predicted molar refractivity (Wildman–Crippen MR) is 125 cm³/mol. The summed E-state index contributed by atoms with van der Waals surface area (Å²) in [5, 5.41) is 4.66. The summed E-state index contributed by atoms with van der Waals surface area (Å²) in [7, 11) is 0. The number of likely N-dealkylation sites (tertiary alicyclic amines) is 2. The van der Waals surface area contributed by atoms with Crippen molar-refractivity contribution < 1.29 is 31.8 Å². The number of ether oxygens (including phenoxy) is 2. The van der Waals surface area contributed by atoms with Gasteiger partial charge in [-0.2, -0.15) is 5.10 Å². The number of nitrogens with zero attached hydrogens (tertiary/aromatic N) is 5. The molecule has 1 spiro atoms. The third-order valence-corrected chi connectivity index (χ3v) is 8.91. The lowest BCUT2D eigenvalue weighted by atomic mass is 9.61. The fourth-order valence-electron chi connectivity index (χ4n) is 6.93. The number of benzene rings is 1. The Labute approximate surface area is 216 Å². The van der Waals surface area contributed by atoms with Gasteiger partial charge in [0.15, 0.2) is 17.4 Å². The van der Waals surface area contributed by atoms with Crippen LogP contribution in [0.15, 0.2) is 24.5 Å². The quantitative estimate of drug-likeness (QED) is 0.518. The first-order valence-electron chi connectivity index (χ1n) is 13.3. The van der Waals surface area contributed by atoms with E-state index in [1.807, 2.05) is 20.8 Å². The normalized spacial score (nSPS) is 28.3. The fraction of sp³-hybridized carbons (Fsp3) is 0.654. The van der Waals surface area contributed by atoms with Gasteiger partial charge in [-0.3, -0.25) is 0 Å². The largest absolute Gasteiger partial charge is 0.573 e. The van der Waals surface area contributed by atoms with Crippen molar-refractivity contribution in [3.63, 3.8) is 0 Å². The Bertz CT molecular complexity index is 1220. The molecule has 12 heteroatoms. The number of alkyl halides is 3. The van der Waals surface area contributed by atoms with Crippen molar-refractivity contribution in [2.24, 2.45) is 17.3 Å². The Morgan fingerprint density at radius 1 is 1.05 bits per heavy atom. The van der Waals surface area contributed by atoms with Crippen molar-refractivity contribution in [2.75, 3.05) is 26.2 Å². The third kappa shape index (κ3) is 4.45. The molecule has 2 unspecified atom stereocenters. The smallest absolute Gasteiger partial charge is 0.490 e. The van der Waals surface area contributed by atoms with E-state index in [0.29, 0.717) is 37.9 Å². The second-order valence-electron chi connectivity index (χ2n) is 11.8. The molecule has 38 heavy (non-hydrogen) atoms. The molecule has 3 aliphatic carbocycles. The summed E-state index contributed by atoms with van der Waals surface area (Å²) >= 11 is 0. The van der Waals surface area contributed by atoms with Gasteiger partial charge in [-0.1, -0.05) is 0 Å². The maximum Gasteiger partial charge on any atom is 0.573 e. The summed E-state index contributed by atoms with van der Waals surface area (Å²) in [5.41, 5.74) is 0.213. The number of carbonyl (C=O) groups excluding carboxylic acids is 1. The third-order valence-electron chi connectivity index (χ3n) is 8.91. The summed E-state index contributed by atoms with van der Waals surface area (Å²) in [5.74, 6) is 0.234. The molecule has 2 saturated heterocycles. The van der Waals surface area contributed by atoms with Gasteiger partial charge in [-0.25, -0.2) is 18.9 Å². The molecule has 2 aromatic rings. The molecule has 7 rings (SSSR count). The standard InChI is InChI=1S/C26H29F4N5O3/c27-21-4-3-19(7-22(21)38-26(28,29)30)37-20-5-16-10-33(11-17(16)6-20)24(36)34-12-25(13-34)8-18(9-25)35-14-31-23(32-35)15-1-2-15/h3-4,7,14-18,20H,1-2,5-6,8-13H2. The first-order valence-corrected chi connectivity index (χ1v) is 13.3. The van der Waals surface area contributed by atoms with E-state index in [2.05, 4.69) is 14.8 Å². The molecule has 0 radical (unpaired) electrons. The fourth-order valence-corrected chi connectivity index (χ4v) is 6.93. The molecule has 3 heterocycles. The summed E-state index contributed by atoms with van der Waals surface area (Å²) in [6.45, 7) is 2.89. The summed E-state index contributed by atoms with van der Waals surface area (Å²) in [6.07, 6.45) is 2.55. The van der Waals surface area contributed by atoms with Gasteiger partial charge in [0.25, 0.3) is 0 Å². The summed E-state index contributed by atoms with van der Waals surface area (Å²) in [6, 6.07) is 3.63. The zero-order valence-corrected chi connectivity index (χ0v) is 20.7. The molecule has 0 bridgehead atoms. The number of aromatic nitrogens is 3. The maximum absolute atomic E-state index is 13.7. The van der Waals surface area contributed by atoms with Gasteiger partial charge in [-0.05, 0) is 62.5 Å². The van der Waals surface area contributed by atoms with E-state index >= 15 is 0 Å². The molecule has 2 amide bonds. The summed E-state index contributed by atoms with van der Waals surface area (Å²) in [4.78, 5) is 21.5. The Morgan fingerprint density at radius 3 is 2.42 bits per heavy atom. The number of carbonyl (C=O) groups is 1. The molecular weight excluding hydrogens is 506 g/mol. The van der Waals surface area contributed by atoms with E-state index in [4.69, 9.17) is 4.74 Å². The Kier molecular flexibility index (Phi) is 5.36. The van der Waals surface area contributed by atoms with Gasteiger partial charge in [0, 0.05) is 43.6 Å². The van der Waals surface area contributed by atoms with Crippen LogP contribution in [0.4, 0.5) is 22.4 Å². The van der Waals surface area contributed by atoms with Crippen molar-refractivity contribution in [1.29, 1.82) is 0 Å². The average molecular weight is 536 g/mol. The van der Waals surface area contributed by atoms with E-state index in [1.54, 1.807) is 0 Å². The van der Waals surface area contributed by atoms with Crippen LogP contribution in [0, 0.1) is 23.1 Å². The molecule has 1 aromatic heterocycles. The molecule has 8 nitrogen and oxygen atoms in total. The minimum atomic E-state index is -4.98. The van der Waals surface area contributed by atoms with E-state index in [1.165, 1.54) is 18.9 Å². The van der Waals surface area contributed by atoms with E-state index in [9.17, 15) is 22.4 Å². The number of rotatable bonds is 5. The van der Waals surface area contributed by atoms with Crippen LogP contribution in [0.1, 0.15) is 56.3 Å². The molecule has 5 aliphatic rings. The van der Waals surface area contributed by atoms with Gasteiger partial charge in [0.05, 0.1) is 12.1 Å². The number of amides is 2. The minimum absolute atomic E-state index is 0.0928. The van der Waals surface area contributed by atoms with Gasteiger partial charge < -0.3 is 19.3 Å². The SMILES string of the molecule is O=C(N1CC2CC(Oc3ccc(F)c(OC(F)(F)F)c3)CC2C1)N1CC2(CC(n3cnc(C4CC4)n3)C2)C1. The second kappa shape index (κ2) is 8.47. The van der Waals surface area contributed by atoms with Gasteiger partial charge >= 0.3 is 12.4 Å². The van der Waals surface area contributed by atoms with Gasteiger partial charge in [0.2, 0.25) is 0 Å². The lowest BCUT2D eigenvalue weighted by molar-refractivity contribution is -0.275. The first kappa shape index (κ1) is 24.0. The molecular formula is C26H29F4N5O3. The zero-order chi connectivity index (χ0) is 26.2. The second-order valence-corrected chi connectivity index (χ2v) is 11.8. The summed E-state index contributed by atoms with van der Waals surface area (Å²) < 4.78 is 62.9. The van der Waals surface area contributed by atoms with Crippen molar-refractivity contribution in [3.8, 4) is 11.5 Å². The van der Waals surface area contributed by atoms with Crippen molar-refractivity contribution in [2.45, 2.75) is 63.0 Å². The highest BCUT2D eigenvalue weighted by Crippen LogP contribution is 2.54. The number of hydrogen-bond donors (Lipinski definition) is 0.